The Balaban J connectivity index is 0.00000208. The average Bonchev–Trinajstić information content (AvgIpc) is 2.62. The monoisotopic (exact) mass is 347 g/mol. The van der Waals surface area contributed by atoms with Gasteiger partial charge in [0.1, 0.15) is 5.56 Å². The molecule has 0 bridgehead atoms. The van der Waals surface area contributed by atoms with Crippen molar-refractivity contribution in [2.45, 2.75) is 18.9 Å². The fourth-order valence-corrected chi connectivity index (χ4v) is 2.98. The molecular weight excluding hydrogens is 326 g/mol. The molecule has 2 heterocycles. The van der Waals surface area contributed by atoms with Gasteiger partial charge in [-0.15, -0.1) is 12.4 Å². The molecule has 0 saturated carbocycles. The second-order valence-corrected chi connectivity index (χ2v) is 5.88. The highest BCUT2D eigenvalue weighted by Crippen LogP contribution is 2.16. The van der Waals surface area contributed by atoms with E-state index in [1.54, 1.807) is 24.1 Å². The van der Waals surface area contributed by atoms with E-state index in [4.69, 9.17) is 0 Å². The fraction of sp³-hybridized carbons (Fsp3) is 0.333. The number of piperidine rings is 1. The van der Waals surface area contributed by atoms with Crippen molar-refractivity contribution in [1.29, 1.82) is 0 Å². The number of rotatable bonds is 3. The Morgan fingerprint density at radius 2 is 1.75 bits per heavy atom. The standard InChI is InChI=1S/C18H21N3O2.ClH/c1-21(14-9-11-19-12-10-14)18(23)15-7-8-16(20-17(15)22)13-5-3-2-4-6-13;/h2-8,14,19H,9-12H2,1H3,(H,20,22);1H. The van der Waals surface area contributed by atoms with Gasteiger partial charge < -0.3 is 15.2 Å². The van der Waals surface area contributed by atoms with E-state index in [9.17, 15) is 9.59 Å². The zero-order valence-corrected chi connectivity index (χ0v) is 14.4. The zero-order chi connectivity index (χ0) is 16.2. The first-order valence-corrected chi connectivity index (χ1v) is 7.93. The molecule has 0 atom stereocenters. The number of H-pyrrole nitrogens is 1. The first-order chi connectivity index (χ1) is 11.2. The summed E-state index contributed by atoms with van der Waals surface area (Å²) >= 11 is 0. The number of hydrogen-bond donors (Lipinski definition) is 2. The first-order valence-electron chi connectivity index (χ1n) is 7.93. The lowest BCUT2D eigenvalue weighted by molar-refractivity contribution is 0.0701. The van der Waals surface area contributed by atoms with Crippen molar-refractivity contribution in [3.05, 3.63) is 58.4 Å². The lowest BCUT2D eigenvalue weighted by Crippen LogP contribution is -2.45. The molecule has 1 aromatic carbocycles. The summed E-state index contributed by atoms with van der Waals surface area (Å²) in [5.41, 5.74) is 1.51. The molecule has 1 amide bonds. The third-order valence-electron chi connectivity index (χ3n) is 4.40. The van der Waals surface area contributed by atoms with E-state index in [0.29, 0.717) is 0 Å². The van der Waals surface area contributed by atoms with Gasteiger partial charge in [0, 0.05) is 18.8 Å². The maximum Gasteiger partial charge on any atom is 0.261 e. The van der Waals surface area contributed by atoms with Crippen molar-refractivity contribution in [3.63, 3.8) is 0 Å². The van der Waals surface area contributed by atoms with E-state index in [1.165, 1.54) is 0 Å². The zero-order valence-electron chi connectivity index (χ0n) is 13.6. The third kappa shape index (κ3) is 3.86. The summed E-state index contributed by atoms with van der Waals surface area (Å²) < 4.78 is 0. The topological polar surface area (TPSA) is 65.2 Å². The Hall–Kier alpha value is -2.11. The van der Waals surface area contributed by atoms with Gasteiger partial charge in [0.05, 0.1) is 0 Å². The minimum Gasteiger partial charge on any atom is -0.338 e. The second kappa shape index (κ2) is 8.13. The third-order valence-corrected chi connectivity index (χ3v) is 4.40. The second-order valence-electron chi connectivity index (χ2n) is 5.88. The maximum absolute atomic E-state index is 12.6. The van der Waals surface area contributed by atoms with Crippen molar-refractivity contribution in [1.82, 2.24) is 15.2 Å². The van der Waals surface area contributed by atoms with Crippen LogP contribution in [-0.4, -0.2) is 42.0 Å². The quantitative estimate of drug-likeness (QED) is 0.895. The van der Waals surface area contributed by atoms with Gasteiger partial charge in [0.25, 0.3) is 11.5 Å². The number of pyridine rings is 1. The molecule has 1 saturated heterocycles. The van der Waals surface area contributed by atoms with Crippen LogP contribution in [0.2, 0.25) is 0 Å². The number of halogens is 1. The van der Waals surface area contributed by atoms with Crippen molar-refractivity contribution in [2.75, 3.05) is 20.1 Å². The van der Waals surface area contributed by atoms with Gasteiger partial charge in [-0.25, -0.2) is 0 Å². The van der Waals surface area contributed by atoms with Crippen LogP contribution in [0.5, 0.6) is 0 Å². The number of carbonyl (C=O) groups excluding carboxylic acids is 1. The van der Waals surface area contributed by atoms with Gasteiger partial charge in [-0.1, -0.05) is 30.3 Å². The first kappa shape index (κ1) is 18.2. The van der Waals surface area contributed by atoms with Gasteiger partial charge in [0.2, 0.25) is 0 Å². The van der Waals surface area contributed by atoms with Crippen molar-refractivity contribution in [2.24, 2.45) is 0 Å². The van der Waals surface area contributed by atoms with Gasteiger partial charge in [-0.2, -0.15) is 0 Å². The number of hydrogen-bond acceptors (Lipinski definition) is 3. The highest BCUT2D eigenvalue weighted by atomic mass is 35.5. The van der Waals surface area contributed by atoms with Crippen LogP contribution >= 0.6 is 12.4 Å². The Bertz CT molecular complexity index is 739. The summed E-state index contributed by atoms with van der Waals surface area (Å²) in [6.45, 7) is 1.82. The number of nitrogens with zero attached hydrogens (tertiary/aromatic N) is 1. The molecule has 1 aliphatic heterocycles. The average molecular weight is 348 g/mol. The van der Waals surface area contributed by atoms with Crippen LogP contribution in [0.3, 0.4) is 0 Å². The summed E-state index contributed by atoms with van der Waals surface area (Å²) in [7, 11) is 1.78. The molecule has 6 heteroatoms. The molecule has 24 heavy (non-hydrogen) atoms. The minimum atomic E-state index is -0.336. The largest absolute Gasteiger partial charge is 0.338 e. The van der Waals surface area contributed by atoms with E-state index in [-0.39, 0.29) is 35.5 Å². The Morgan fingerprint density at radius 3 is 2.38 bits per heavy atom. The fourth-order valence-electron chi connectivity index (χ4n) is 2.98. The number of carbonyl (C=O) groups is 1. The van der Waals surface area contributed by atoms with Crippen molar-refractivity contribution in [3.8, 4) is 11.3 Å². The summed E-state index contributed by atoms with van der Waals surface area (Å²) in [5, 5.41) is 3.28. The Kier molecular flexibility index (Phi) is 6.17. The van der Waals surface area contributed by atoms with Crippen LogP contribution in [0.25, 0.3) is 11.3 Å². The molecule has 0 unspecified atom stereocenters. The molecule has 2 N–H and O–H groups in total. The Labute approximate surface area is 147 Å². The number of aromatic nitrogens is 1. The number of amides is 1. The van der Waals surface area contributed by atoms with Crippen LogP contribution < -0.4 is 10.9 Å². The summed E-state index contributed by atoms with van der Waals surface area (Å²) in [6.07, 6.45) is 1.84. The van der Waals surface area contributed by atoms with Crippen LogP contribution in [0.15, 0.2) is 47.3 Å². The molecule has 0 aliphatic carbocycles. The molecule has 2 aromatic rings. The lowest BCUT2D eigenvalue weighted by Gasteiger charge is -2.31. The van der Waals surface area contributed by atoms with Crippen LogP contribution in [-0.2, 0) is 0 Å². The molecule has 5 nitrogen and oxygen atoms in total. The normalized spacial score (nSPS) is 14.7. The maximum atomic E-state index is 12.6. The molecular formula is C18H22ClN3O2. The van der Waals surface area contributed by atoms with E-state index in [2.05, 4.69) is 10.3 Å². The molecule has 1 aliphatic rings. The SMILES string of the molecule is CN(C(=O)c1ccc(-c2ccccc2)[nH]c1=O)C1CCNCC1.Cl. The van der Waals surface area contributed by atoms with Gasteiger partial charge in [0.15, 0.2) is 0 Å². The van der Waals surface area contributed by atoms with Gasteiger partial charge in [-0.05, 0) is 43.6 Å². The lowest BCUT2D eigenvalue weighted by atomic mass is 10.0. The van der Waals surface area contributed by atoms with E-state index in [1.807, 2.05) is 30.3 Å². The number of benzene rings is 1. The van der Waals surface area contributed by atoms with E-state index >= 15 is 0 Å². The summed E-state index contributed by atoms with van der Waals surface area (Å²) in [5.74, 6) is -0.210. The van der Waals surface area contributed by atoms with Crippen LogP contribution in [0.1, 0.15) is 23.2 Å². The van der Waals surface area contributed by atoms with Crippen molar-refractivity contribution >= 4 is 18.3 Å². The predicted octanol–water partition coefficient (Wildman–Crippen LogP) is 2.29. The number of aromatic amines is 1. The molecule has 1 fully saturated rings. The van der Waals surface area contributed by atoms with Crippen LogP contribution in [0, 0.1) is 0 Å². The molecule has 128 valence electrons. The van der Waals surface area contributed by atoms with Gasteiger partial charge in [-0.3, -0.25) is 9.59 Å². The number of nitrogens with one attached hydrogen (secondary N) is 2. The van der Waals surface area contributed by atoms with Crippen molar-refractivity contribution < 1.29 is 4.79 Å². The smallest absolute Gasteiger partial charge is 0.261 e. The van der Waals surface area contributed by atoms with Gasteiger partial charge >= 0.3 is 0 Å². The highest BCUT2D eigenvalue weighted by molar-refractivity contribution is 5.94. The molecule has 3 rings (SSSR count). The van der Waals surface area contributed by atoms with Crippen LogP contribution in [0.4, 0.5) is 0 Å². The molecule has 1 aromatic heterocycles. The van der Waals surface area contributed by atoms with E-state index < -0.39 is 0 Å². The summed E-state index contributed by atoms with van der Waals surface area (Å²) in [4.78, 5) is 29.4. The predicted molar refractivity (Wildman–Crippen MR) is 97.7 cm³/mol. The minimum absolute atomic E-state index is 0. The highest BCUT2D eigenvalue weighted by Gasteiger charge is 2.24. The molecule has 0 radical (unpaired) electrons. The summed E-state index contributed by atoms with van der Waals surface area (Å²) in [6, 6.07) is 13.2. The molecule has 0 spiro atoms. The van der Waals surface area contributed by atoms with E-state index in [0.717, 1.165) is 37.2 Å². The Morgan fingerprint density at radius 1 is 1.08 bits per heavy atom.